The van der Waals surface area contributed by atoms with Crippen molar-refractivity contribution < 1.29 is 124 Å². The Bertz CT molecular complexity index is 718. The number of piperazine rings is 1. The van der Waals surface area contributed by atoms with Gasteiger partial charge in [0.25, 0.3) is 15.6 Å². The topological polar surface area (TPSA) is 495 Å². The molecule has 0 aliphatic carbocycles. The van der Waals surface area contributed by atoms with Gasteiger partial charge in [-0.2, -0.15) is 0 Å². The van der Waals surface area contributed by atoms with Crippen molar-refractivity contribution in [3.05, 3.63) is 0 Å². The molecule has 0 radical (unpaired) electrons. The second-order valence-electron chi connectivity index (χ2n) is 7.62. The van der Waals surface area contributed by atoms with Gasteiger partial charge in [0, 0.05) is 0 Å². The van der Waals surface area contributed by atoms with E-state index in [0.29, 0.717) is 0 Å². The van der Waals surface area contributed by atoms with Crippen LogP contribution in [0.15, 0.2) is 0 Å². The molecule has 0 atom stereocenters. The maximum absolute atomic E-state index is 8.77. The molecule has 0 aromatic rings. The third kappa shape index (κ3) is 332. The summed E-state index contributed by atoms with van der Waals surface area (Å²) in [5.74, 6) is 0. The molecular formula is C8H28Be4N2O24P6. The van der Waals surface area contributed by atoms with Crippen molar-refractivity contribution in [3.63, 3.8) is 0 Å². The van der Waals surface area contributed by atoms with Crippen molar-refractivity contribution in [1.29, 1.82) is 0 Å². The third-order valence-corrected chi connectivity index (χ3v) is 2.62. The van der Waals surface area contributed by atoms with Gasteiger partial charge in [-0.15, -0.1) is 0 Å². The summed E-state index contributed by atoms with van der Waals surface area (Å²) >= 11 is 0. The fourth-order valence-corrected chi connectivity index (χ4v) is 1.31. The summed E-state index contributed by atoms with van der Waals surface area (Å²) in [7, 11) is -21.1. The zero-order valence-corrected chi connectivity index (χ0v) is 28.7. The Kier molecular flexibility index (Phi) is 47.3. The van der Waals surface area contributed by atoms with Crippen molar-refractivity contribution in [2.24, 2.45) is 0 Å². The summed E-state index contributed by atoms with van der Waals surface area (Å²) < 4.78 is 54.6. The summed E-state index contributed by atoms with van der Waals surface area (Å²) in [5, 5.41) is 0. The Morgan fingerprint density at radius 2 is 0.409 bits per heavy atom. The van der Waals surface area contributed by atoms with Crippen molar-refractivity contribution in [2.45, 2.75) is 0 Å². The van der Waals surface area contributed by atoms with Crippen LogP contribution in [0.1, 0.15) is 0 Å². The van der Waals surface area contributed by atoms with Crippen molar-refractivity contribution >= 4 is 87.4 Å². The molecule has 0 spiro atoms. The van der Waals surface area contributed by atoms with E-state index in [1.54, 1.807) is 0 Å². The fraction of sp³-hybridized carbons (Fsp3) is 1.00. The summed E-state index contributed by atoms with van der Waals surface area (Å²) in [6.45, 7) is 5.31. The first-order chi connectivity index (χ1) is 16.4. The molecule has 0 amide bonds. The number of hydrogen-bond donors (Lipinski definition) is 8. The van der Waals surface area contributed by atoms with E-state index in [9.17, 15) is 0 Å². The van der Waals surface area contributed by atoms with Crippen LogP contribution in [0.2, 0.25) is 0 Å². The molecule has 1 fully saturated rings. The maximum atomic E-state index is 8.77. The molecule has 1 aliphatic heterocycles. The Hall–Kier alpha value is 1.26. The molecule has 1 saturated heterocycles. The molecule has 36 heteroatoms. The summed E-state index contributed by atoms with van der Waals surface area (Å²) in [4.78, 5) is 143. The summed E-state index contributed by atoms with van der Waals surface area (Å²) in [6.07, 6.45) is 0. The molecule has 1 rings (SSSR count). The van der Waals surface area contributed by atoms with Gasteiger partial charge in [0.2, 0.25) is 0 Å². The van der Waals surface area contributed by atoms with Crippen molar-refractivity contribution in [1.82, 2.24) is 0 Å². The van der Waals surface area contributed by atoms with Gasteiger partial charge in [0.15, 0.2) is 0 Å². The normalized spacial score (nSPS) is 14.9. The summed E-state index contributed by atoms with van der Waals surface area (Å²) in [6, 6.07) is 0. The Morgan fingerprint density at radius 1 is 0.364 bits per heavy atom. The van der Waals surface area contributed by atoms with Gasteiger partial charge < -0.3 is 115 Å². The Balaban J connectivity index is -0.0000000387. The summed E-state index contributed by atoms with van der Waals surface area (Å²) in [5.41, 5.74) is 0. The van der Waals surface area contributed by atoms with Crippen LogP contribution in [0.5, 0.6) is 0 Å². The second kappa shape index (κ2) is 29.2. The first kappa shape index (κ1) is 71.3. The van der Waals surface area contributed by atoms with Gasteiger partial charge in [0.05, 0.1) is 59.5 Å². The minimum absolute atomic E-state index is 0. The monoisotopic (exact) mass is 758 g/mol. The number of likely N-dealkylation sites (N-methyl/N-ethyl adjacent to an activating group) is 2. The molecule has 1 heterocycles. The van der Waals surface area contributed by atoms with Gasteiger partial charge in [-0.3, -0.25) is 9.13 Å². The molecule has 8 N–H and O–H groups in total. The van der Waals surface area contributed by atoms with Crippen LogP contribution in [-0.4, -0.2) is 143 Å². The van der Waals surface area contributed by atoms with Crippen molar-refractivity contribution in [2.75, 3.05) is 54.4 Å². The first-order valence-electron chi connectivity index (χ1n) is 8.57. The standard InChI is InChI=1S/C8H20N2.4Be.6H3O4P/c1-9(2)5-7-10(3,4)8-6-9;;;;;6*1-5(2,3)4/h5-8H2,1-4H3;;;;;6*(H3,1,2,3,4)/q5*+2;;;;;;/p-10. The van der Waals surface area contributed by atoms with E-state index in [2.05, 4.69) is 28.2 Å². The molecule has 0 aromatic heterocycles. The molecule has 252 valence electrons. The number of nitrogens with zero attached hydrogens (tertiary/aromatic N) is 2. The van der Waals surface area contributed by atoms with Gasteiger partial charge >= 0.3 is 40.5 Å². The van der Waals surface area contributed by atoms with E-state index in [1.807, 2.05) is 0 Å². The van der Waals surface area contributed by atoms with E-state index in [4.69, 9.17) is 115 Å². The number of quaternary nitrogens is 2. The van der Waals surface area contributed by atoms with Crippen LogP contribution in [-0.2, 0) is 27.4 Å². The molecule has 26 nitrogen and oxygen atoms in total. The van der Waals surface area contributed by atoms with E-state index in [-0.39, 0.29) is 40.5 Å². The Morgan fingerprint density at radius 3 is 0.455 bits per heavy atom. The molecule has 0 unspecified atom stereocenters. The average Bonchev–Trinajstić information content (AvgIpc) is 2.40. The predicted molar refractivity (Wildman–Crippen MR) is 130 cm³/mol. The zero-order chi connectivity index (χ0) is 34.8. The van der Waals surface area contributed by atoms with Crippen LogP contribution < -0.4 is 48.9 Å². The van der Waals surface area contributed by atoms with Crippen LogP contribution in [0.4, 0.5) is 0 Å². The molecule has 0 aromatic carbocycles. The van der Waals surface area contributed by atoms with Crippen LogP contribution >= 0.6 is 46.9 Å². The SMILES string of the molecule is C[N+]1(C)CC[N+](C)(C)CC1.O=P([O-])(O)O.O=P([O-])(O)O.O=P([O-])([O-])O.O=P([O-])([O-])O.O=P([O-])([O-])O.O=P([O-])([O-])O.[Be+2].[Be+2].[Be+2].[Be+2]. The van der Waals surface area contributed by atoms with E-state index in [0.717, 1.165) is 0 Å². The minimum Gasteiger partial charge on any atom is -0.790 e. The fourth-order valence-electron chi connectivity index (χ4n) is 1.31. The van der Waals surface area contributed by atoms with E-state index in [1.165, 1.54) is 35.1 Å². The molecule has 44 heavy (non-hydrogen) atoms. The Labute approximate surface area is 266 Å². The number of hydrogen-bond acceptors (Lipinski definition) is 16. The average molecular weight is 758 g/mol. The minimum atomic E-state index is -5.14. The third-order valence-electron chi connectivity index (χ3n) is 2.62. The van der Waals surface area contributed by atoms with Gasteiger partial charge in [-0.1, -0.05) is 0 Å². The van der Waals surface area contributed by atoms with Gasteiger partial charge in [-0.05, 0) is 0 Å². The van der Waals surface area contributed by atoms with E-state index < -0.39 is 46.9 Å². The molecule has 0 bridgehead atoms. The molecule has 0 saturated carbocycles. The first-order valence-corrected chi connectivity index (χ1v) is 17.6. The smallest absolute Gasteiger partial charge is 0.790 e. The van der Waals surface area contributed by atoms with Crippen LogP contribution in [0, 0.1) is 0 Å². The predicted octanol–water partition coefficient (Wildman–Crippen LogP) is -13.3. The van der Waals surface area contributed by atoms with E-state index >= 15 is 0 Å². The quantitative estimate of drug-likeness (QED) is 0.0646. The zero-order valence-electron chi connectivity index (χ0n) is 23.3. The second-order valence-corrected chi connectivity index (χ2v) is 13.3. The van der Waals surface area contributed by atoms with Crippen LogP contribution in [0.25, 0.3) is 0 Å². The molecule has 1 aliphatic rings. The number of rotatable bonds is 0. The van der Waals surface area contributed by atoms with Crippen LogP contribution in [0.3, 0.4) is 0 Å². The largest absolute Gasteiger partial charge is 2.00 e. The van der Waals surface area contributed by atoms with Gasteiger partial charge in [-0.25, -0.2) is 0 Å². The maximum Gasteiger partial charge on any atom is 2.00 e. The van der Waals surface area contributed by atoms with Crippen molar-refractivity contribution in [3.8, 4) is 0 Å². The molecular weight excluding hydrogens is 730 g/mol. The number of phosphoric acid groups is 6. The van der Waals surface area contributed by atoms with Gasteiger partial charge in [0.1, 0.15) is 26.2 Å².